The number of hydrogen-bond acceptors (Lipinski definition) is 2. The Labute approximate surface area is 69.4 Å². The molecule has 0 aliphatic rings. The van der Waals surface area contributed by atoms with Crippen LogP contribution in [0.4, 0.5) is 0 Å². The number of carbonyl (C=O) groups is 1. The van der Waals surface area contributed by atoms with Crippen molar-refractivity contribution in [2.45, 2.75) is 13.8 Å². The largest absolute Gasteiger partial charge is 0.462 e. The lowest BCUT2D eigenvalue weighted by Gasteiger charge is -1.96. The summed E-state index contributed by atoms with van der Waals surface area (Å²) >= 11 is 3.27. The molecule has 0 fully saturated rings. The van der Waals surface area contributed by atoms with Gasteiger partial charge < -0.3 is 4.74 Å². The van der Waals surface area contributed by atoms with Gasteiger partial charge in [-0.25, -0.2) is 0 Å². The van der Waals surface area contributed by atoms with Crippen LogP contribution in [0.2, 0.25) is 0 Å². The topological polar surface area (TPSA) is 26.3 Å². The molecule has 0 N–H and O–H groups in total. The smallest absolute Gasteiger partial charge is 0.302 e. The van der Waals surface area contributed by atoms with Gasteiger partial charge in [-0.2, -0.15) is 0 Å². The molecule has 3 heteroatoms. The van der Waals surface area contributed by atoms with Gasteiger partial charge in [0.25, 0.3) is 0 Å². The maximum absolute atomic E-state index is 10.3. The number of rotatable bonds is 3. The maximum Gasteiger partial charge on any atom is 0.302 e. The van der Waals surface area contributed by atoms with Crippen LogP contribution in [0, 0.1) is 0 Å². The first-order chi connectivity index (χ1) is 4.66. The molecule has 0 saturated heterocycles. The highest BCUT2D eigenvalue weighted by molar-refractivity contribution is 9.09. The van der Waals surface area contributed by atoms with Crippen LogP contribution in [0.15, 0.2) is 11.6 Å². The third kappa shape index (κ3) is 5.82. The fraction of sp³-hybridized carbons (Fsp3) is 0.571. The third-order valence-electron chi connectivity index (χ3n) is 0.929. The van der Waals surface area contributed by atoms with Crippen LogP contribution in [-0.2, 0) is 9.53 Å². The Morgan fingerprint density at radius 1 is 1.60 bits per heavy atom. The summed E-state index contributed by atoms with van der Waals surface area (Å²) in [4.78, 5) is 10.3. The molecule has 0 amide bonds. The van der Waals surface area contributed by atoms with Crippen LogP contribution in [0.25, 0.3) is 0 Å². The predicted octanol–water partition coefficient (Wildman–Crippen LogP) is 1.89. The minimum atomic E-state index is -0.237. The Kier molecular flexibility index (Phi) is 5.30. The second-order valence-corrected chi connectivity index (χ2v) is 2.55. The van der Waals surface area contributed by atoms with E-state index in [1.807, 2.05) is 13.0 Å². The molecule has 2 nitrogen and oxygen atoms in total. The van der Waals surface area contributed by atoms with Crippen molar-refractivity contribution in [3.63, 3.8) is 0 Å². The van der Waals surface area contributed by atoms with E-state index in [0.717, 1.165) is 5.33 Å². The Bertz CT molecular complexity index is 141. The highest BCUT2D eigenvalue weighted by atomic mass is 79.9. The third-order valence-corrected chi connectivity index (χ3v) is 1.81. The maximum atomic E-state index is 10.3. The molecule has 10 heavy (non-hydrogen) atoms. The van der Waals surface area contributed by atoms with Crippen molar-refractivity contribution < 1.29 is 9.53 Å². The molecule has 0 aromatic heterocycles. The number of hydrogen-bond donors (Lipinski definition) is 0. The van der Waals surface area contributed by atoms with Gasteiger partial charge in [0.05, 0.1) is 0 Å². The van der Waals surface area contributed by atoms with Gasteiger partial charge in [0.2, 0.25) is 0 Å². The van der Waals surface area contributed by atoms with Crippen molar-refractivity contribution in [2.75, 3.05) is 11.9 Å². The van der Waals surface area contributed by atoms with E-state index in [1.165, 1.54) is 12.5 Å². The number of allylic oxidation sites excluding steroid dienone is 1. The van der Waals surface area contributed by atoms with Crippen molar-refractivity contribution >= 4 is 21.9 Å². The van der Waals surface area contributed by atoms with E-state index in [-0.39, 0.29) is 5.97 Å². The average molecular weight is 207 g/mol. The van der Waals surface area contributed by atoms with E-state index in [9.17, 15) is 4.79 Å². The molecule has 0 aliphatic carbocycles. The van der Waals surface area contributed by atoms with E-state index in [0.29, 0.717) is 6.61 Å². The van der Waals surface area contributed by atoms with Crippen molar-refractivity contribution in [1.82, 2.24) is 0 Å². The first-order valence-electron chi connectivity index (χ1n) is 3.01. The molecule has 0 radical (unpaired) electrons. The highest BCUT2D eigenvalue weighted by Crippen LogP contribution is 1.96. The quantitative estimate of drug-likeness (QED) is 0.401. The van der Waals surface area contributed by atoms with Gasteiger partial charge in [0.1, 0.15) is 6.61 Å². The van der Waals surface area contributed by atoms with Crippen molar-refractivity contribution in [3.05, 3.63) is 11.6 Å². The molecule has 0 aromatic carbocycles. The molecular weight excluding hydrogens is 196 g/mol. The molecule has 0 heterocycles. The normalized spacial score (nSPS) is 11.3. The fourth-order valence-electron chi connectivity index (χ4n) is 0.356. The van der Waals surface area contributed by atoms with Crippen molar-refractivity contribution in [3.8, 4) is 0 Å². The molecular formula is C7H11BrO2. The summed E-state index contributed by atoms with van der Waals surface area (Å²) in [5.74, 6) is -0.237. The van der Waals surface area contributed by atoms with Crippen LogP contribution in [0.5, 0.6) is 0 Å². The number of alkyl halides is 1. The Morgan fingerprint density at radius 3 is 2.60 bits per heavy atom. The fourth-order valence-corrected chi connectivity index (χ4v) is 0.585. The molecule has 0 saturated carbocycles. The van der Waals surface area contributed by atoms with Crippen LogP contribution >= 0.6 is 15.9 Å². The predicted molar refractivity (Wildman–Crippen MR) is 44.2 cm³/mol. The van der Waals surface area contributed by atoms with Gasteiger partial charge in [-0.05, 0) is 13.0 Å². The van der Waals surface area contributed by atoms with E-state index < -0.39 is 0 Å². The Morgan fingerprint density at radius 2 is 2.20 bits per heavy atom. The molecule has 58 valence electrons. The summed E-state index contributed by atoms with van der Waals surface area (Å²) in [6, 6.07) is 0. The average Bonchev–Trinajstić information content (AvgIpc) is 1.87. The summed E-state index contributed by atoms with van der Waals surface area (Å²) in [6.45, 7) is 3.75. The first-order valence-corrected chi connectivity index (χ1v) is 4.14. The van der Waals surface area contributed by atoms with E-state index in [1.54, 1.807) is 0 Å². The molecule has 0 aliphatic heterocycles. The first kappa shape index (κ1) is 9.69. The zero-order valence-corrected chi connectivity index (χ0v) is 7.77. The Hall–Kier alpha value is -0.310. The van der Waals surface area contributed by atoms with Gasteiger partial charge in [0.15, 0.2) is 0 Å². The number of ether oxygens (including phenoxy) is 1. The number of halogens is 1. The van der Waals surface area contributed by atoms with Crippen LogP contribution in [0.3, 0.4) is 0 Å². The lowest BCUT2D eigenvalue weighted by molar-refractivity contribution is -0.139. The van der Waals surface area contributed by atoms with Gasteiger partial charge in [-0.15, -0.1) is 0 Å². The van der Waals surface area contributed by atoms with Crippen molar-refractivity contribution in [2.24, 2.45) is 0 Å². The van der Waals surface area contributed by atoms with Crippen LogP contribution in [0.1, 0.15) is 13.8 Å². The Balaban J connectivity index is 3.43. The van der Waals surface area contributed by atoms with Crippen LogP contribution in [-0.4, -0.2) is 17.9 Å². The summed E-state index contributed by atoms with van der Waals surface area (Å²) < 4.78 is 4.68. The monoisotopic (exact) mass is 206 g/mol. The molecule has 0 aromatic rings. The summed E-state index contributed by atoms with van der Waals surface area (Å²) in [7, 11) is 0. The molecule has 0 spiro atoms. The lowest BCUT2D eigenvalue weighted by atomic mass is 10.3. The second kappa shape index (κ2) is 5.47. The second-order valence-electron chi connectivity index (χ2n) is 1.99. The van der Waals surface area contributed by atoms with E-state index in [4.69, 9.17) is 0 Å². The number of esters is 1. The minimum Gasteiger partial charge on any atom is -0.462 e. The lowest BCUT2D eigenvalue weighted by Crippen LogP contribution is -1.98. The molecule has 0 rings (SSSR count). The minimum absolute atomic E-state index is 0.237. The standard InChI is InChI=1S/C7H11BrO2/c1-6(5-8)3-4-10-7(2)9/h3H,4-5H2,1-2H3. The molecule has 0 bridgehead atoms. The molecule has 0 unspecified atom stereocenters. The van der Waals surface area contributed by atoms with Gasteiger partial charge in [0, 0.05) is 12.3 Å². The van der Waals surface area contributed by atoms with Crippen LogP contribution < -0.4 is 0 Å². The highest BCUT2D eigenvalue weighted by Gasteiger charge is 1.88. The van der Waals surface area contributed by atoms with Gasteiger partial charge >= 0.3 is 5.97 Å². The molecule has 0 atom stereocenters. The summed E-state index contributed by atoms with van der Waals surface area (Å²) in [5.41, 5.74) is 1.17. The summed E-state index contributed by atoms with van der Waals surface area (Å²) in [5, 5.41) is 0.828. The van der Waals surface area contributed by atoms with Gasteiger partial charge in [-0.1, -0.05) is 21.5 Å². The zero-order valence-electron chi connectivity index (χ0n) is 6.19. The zero-order chi connectivity index (χ0) is 7.98. The number of carbonyl (C=O) groups excluding carboxylic acids is 1. The van der Waals surface area contributed by atoms with Crippen molar-refractivity contribution in [1.29, 1.82) is 0 Å². The summed E-state index contributed by atoms with van der Waals surface area (Å²) in [6.07, 6.45) is 1.87. The van der Waals surface area contributed by atoms with Gasteiger partial charge in [-0.3, -0.25) is 4.79 Å². The SMILES string of the molecule is CC(=O)OCC=C(C)CBr. The van der Waals surface area contributed by atoms with E-state index >= 15 is 0 Å². The van der Waals surface area contributed by atoms with E-state index in [2.05, 4.69) is 20.7 Å².